The van der Waals surface area contributed by atoms with Crippen molar-refractivity contribution in [2.24, 2.45) is 0 Å². The number of hydrogen-bond acceptors (Lipinski definition) is 5. The van der Waals surface area contributed by atoms with Crippen molar-refractivity contribution < 1.29 is 14.5 Å². The highest BCUT2D eigenvalue weighted by Crippen LogP contribution is 2.27. The Morgan fingerprint density at radius 3 is 2.79 bits per heavy atom. The molecule has 7 heteroatoms. The molecule has 0 aromatic carbocycles. The van der Waals surface area contributed by atoms with Crippen LogP contribution >= 0.6 is 11.8 Å². The van der Waals surface area contributed by atoms with Crippen molar-refractivity contribution in [3.05, 3.63) is 20.8 Å². The van der Waals surface area contributed by atoms with E-state index >= 15 is 0 Å². The molecule has 1 heterocycles. The third-order valence-corrected chi connectivity index (χ3v) is 2.91. The molecule has 0 N–H and O–H groups in total. The Kier molecular flexibility index (Phi) is 3.63. The summed E-state index contributed by atoms with van der Waals surface area (Å²) in [7, 11) is 0. The summed E-state index contributed by atoms with van der Waals surface area (Å²) < 4.78 is 0. The monoisotopic (exact) mass is 216 g/mol. The van der Waals surface area contributed by atoms with E-state index in [9.17, 15) is 19.7 Å². The quantitative estimate of drug-likeness (QED) is 0.292. The highest BCUT2D eigenvalue weighted by Gasteiger charge is 2.26. The molecule has 0 aromatic rings. The summed E-state index contributed by atoms with van der Waals surface area (Å²) in [5.74, 6) is 0.685. The Bertz CT molecular complexity index is 302. The van der Waals surface area contributed by atoms with E-state index in [4.69, 9.17) is 0 Å². The first-order valence-electron chi connectivity index (χ1n) is 3.89. The second kappa shape index (κ2) is 4.75. The van der Waals surface area contributed by atoms with Gasteiger partial charge in [-0.15, -0.1) is 11.8 Å². The zero-order valence-electron chi connectivity index (χ0n) is 7.21. The average Bonchev–Trinajstić information content (AvgIpc) is 2.19. The normalized spacial score (nSPS) is 20.1. The van der Waals surface area contributed by atoms with E-state index in [1.165, 1.54) is 4.90 Å². The third kappa shape index (κ3) is 2.11. The molecule has 6 nitrogen and oxygen atoms in total. The molecule has 0 unspecified atom stereocenters. The molecule has 1 saturated heterocycles. The van der Waals surface area contributed by atoms with Crippen LogP contribution in [0.3, 0.4) is 0 Å². The van der Waals surface area contributed by atoms with Crippen molar-refractivity contribution in [1.82, 2.24) is 4.90 Å². The highest BCUT2D eigenvalue weighted by molar-refractivity contribution is 8.03. The van der Waals surface area contributed by atoms with Crippen LogP contribution in [0, 0.1) is 10.1 Å². The van der Waals surface area contributed by atoms with Gasteiger partial charge in [0.2, 0.25) is 12.7 Å². The maximum atomic E-state index is 10.6. The van der Waals surface area contributed by atoms with Crippen molar-refractivity contribution >= 4 is 24.5 Å². The van der Waals surface area contributed by atoms with E-state index in [-0.39, 0.29) is 11.3 Å². The molecule has 0 radical (unpaired) electrons. The summed E-state index contributed by atoms with van der Waals surface area (Å²) in [4.78, 5) is 31.9. The average molecular weight is 216 g/mol. The van der Waals surface area contributed by atoms with Gasteiger partial charge in [0.15, 0.2) is 5.03 Å². The van der Waals surface area contributed by atoms with Gasteiger partial charge >= 0.3 is 5.70 Å². The molecule has 0 aromatic heterocycles. The Morgan fingerprint density at radius 1 is 1.57 bits per heavy atom. The predicted octanol–water partition coefficient (Wildman–Crippen LogP) is 0.226. The van der Waals surface area contributed by atoms with Crippen LogP contribution in [0.5, 0.6) is 0 Å². The van der Waals surface area contributed by atoms with Crippen molar-refractivity contribution in [2.75, 3.05) is 12.3 Å². The number of nitro groups is 1. The van der Waals surface area contributed by atoms with Crippen LogP contribution in [0.1, 0.15) is 6.42 Å². The van der Waals surface area contributed by atoms with Gasteiger partial charge in [-0.05, 0) is 6.42 Å². The number of thioether (sulfide) groups is 1. The fourth-order valence-electron chi connectivity index (χ4n) is 1.08. The number of aldehydes is 1. The van der Waals surface area contributed by atoms with Crippen molar-refractivity contribution in [2.45, 2.75) is 6.42 Å². The lowest BCUT2D eigenvalue weighted by atomic mass is 10.4. The number of rotatable bonds is 3. The molecular formula is C7H8N2O4S. The summed E-state index contributed by atoms with van der Waals surface area (Å²) in [5, 5.41) is 10.6. The molecule has 1 aliphatic heterocycles. The summed E-state index contributed by atoms with van der Waals surface area (Å²) in [6.45, 7) is 0.428. The Labute approximate surface area is 84.1 Å². The van der Waals surface area contributed by atoms with Gasteiger partial charge < -0.3 is 4.90 Å². The van der Waals surface area contributed by atoms with Gasteiger partial charge in [0.05, 0.1) is 4.92 Å². The van der Waals surface area contributed by atoms with E-state index in [2.05, 4.69) is 0 Å². The van der Waals surface area contributed by atoms with Crippen LogP contribution in [0.15, 0.2) is 10.7 Å². The molecule has 76 valence electrons. The summed E-state index contributed by atoms with van der Waals surface area (Å²) in [5.41, 5.74) is -0.540. The zero-order valence-corrected chi connectivity index (χ0v) is 8.03. The summed E-state index contributed by atoms with van der Waals surface area (Å²) in [6, 6.07) is 0. The van der Waals surface area contributed by atoms with E-state index in [1.54, 1.807) is 0 Å². The number of nitrogens with zero attached hydrogens (tertiary/aromatic N) is 2. The number of amides is 1. The zero-order chi connectivity index (χ0) is 10.6. The van der Waals surface area contributed by atoms with Crippen LogP contribution in [-0.4, -0.2) is 34.8 Å². The van der Waals surface area contributed by atoms with E-state index < -0.39 is 10.6 Å². The molecular weight excluding hydrogens is 208 g/mol. The predicted molar refractivity (Wildman–Crippen MR) is 49.9 cm³/mol. The number of carbonyl (C=O) groups excluding carboxylic acids is 2. The van der Waals surface area contributed by atoms with Gasteiger partial charge in [-0.3, -0.25) is 19.7 Å². The number of allylic oxidation sites excluding steroid dienone is 1. The lowest BCUT2D eigenvalue weighted by Gasteiger charge is -2.23. The molecule has 1 aliphatic rings. The first-order chi connectivity index (χ1) is 6.70. The van der Waals surface area contributed by atoms with Crippen molar-refractivity contribution in [3.63, 3.8) is 0 Å². The molecule has 14 heavy (non-hydrogen) atoms. The topological polar surface area (TPSA) is 80.5 Å². The molecule has 0 atom stereocenters. The molecule has 0 aliphatic carbocycles. The second-order valence-electron chi connectivity index (χ2n) is 2.57. The van der Waals surface area contributed by atoms with Gasteiger partial charge in [-0.2, -0.15) is 0 Å². The molecule has 0 bridgehead atoms. The summed E-state index contributed by atoms with van der Waals surface area (Å²) >= 11 is 1.16. The van der Waals surface area contributed by atoms with E-state index in [0.29, 0.717) is 18.7 Å². The van der Waals surface area contributed by atoms with E-state index in [1.807, 2.05) is 0 Å². The molecule has 1 amide bonds. The Balaban J connectivity index is 3.04. The van der Waals surface area contributed by atoms with Crippen molar-refractivity contribution in [3.8, 4) is 0 Å². The van der Waals surface area contributed by atoms with Crippen molar-refractivity contribution in [1.29, 1.82) is 0 Å². The standard InChI is InChI=1S/C7H8N2O4S/c10-4-6(9(12)13)7-8(5-11)2-1-3-14-7/h4-5H,1-3H2/b7-6+. The van der Waals surface area contributed by atoms with Crippen LogP contribution < -0.4 is 0 Å². The number of carbonyl (C=O) groups is 2. The maximum absolute atomic E-state index is 10.6. The van der Waals surface area contributed by atoms with Gasteiger partial charge in [0, 0.05) is 12.3 Å². The number of hydrogen-bond donors (Lipinski definition) is 0. The van der Waals surface area contributed by atoms with Gasteiger partial charge in [0.25, 0.3) is 0 Å². The van der Waals surface area contributed by atoms with Crippen LogP contribution in [-0.2, 0) is 9.59 Å². The lowest BCUT2D eigenvalue weighted by molar-refractivity contribution is -0.418. The third-order valence-electron chi connectivity index (χ3n) is 1.70. The molecule has 1 rings (SSSR count). The first kappa shape index (κ1) is 10.7. The second-order valence-corrected chi connectivity index (χ2v) is 3.65. The SMILES string of the molecule is O=C/C(=C1\SCCCN1C=O)[N+](=O)[O-]. The molecule has 0 saturated carbocycles. The van der Waals surface area contributed by atoms with Gasteiger partial charge in [-0.25, -0.2) is 0 Å². The van der Waals surface area contributed by atoms with Gasteiger partial charge in [-0.1, -0.05) is 0 Å². The van der Waals surface area contributed by atoms with Gasteiger partial charge in [0.1, 0.15) is 0 Å². The fourth-order valence-corrected chi connectivity index (χ4v) is 2.12. The maximum Gasteiger partial charge on any atom is 0.338 e. The minimum Gasteiger partial charge on any atom is -0.304 e. The first-order valence-corrected chi connectivity index (χ1v) is 4.88. The minimum atomic E-state index is -0.767. The lowest BCUT2D eigenvalue weighted by Crippen LogP contribution is -2.28. The van der Waals surface area contributed by atoms with Crippen LogP contribution in [0.4, 0.5) is 0 Å². The highest BCUT2D eigenvalue weighted by atomic mass is 32.2. The Morgan fingerprint density at radius 2 is 2.29 bits per heavy atom. The van der Waals surface area contributed by atoms with Crippen LogP contribution in [0.2, 0.25) is 0 Å². The fraction of sp³-hybridized carbons (Fsp3) is 0.429. The minimum absolute atomic E-state index is 0.145. The van der Waals surface area contributed by atoms with Crippen LogP contribution in [0.25, 0.3) is 0 Å². The Hall–Kier alpha value is -1.37. The molecule has 0 spiro atoms. The van der Waals surface area contributed by atoms with E-state index in [0.717, 1.165) is 18.2 Å². The smallest absolute Gasteiger partial charge is 0.304 e. The summed E-state index contributed by atoms with van der Waals surface area (Å²) in [6.07, 6.45) is 1.45. The molecule has 1 fully saturated rings. The largest absolute Gasteiger partial charge is 0.338 e.